The van der Waals surface area contributed by atoms with Crippen LogP contribution in [0.15, 0.2) is 65.6 Å². The number of ether oxygens (including phenoxy) is 4. The van der Waals surface area contributed by atoms with Gasteiger partial charge in [-0.15, -0.1) is 11.8 Å². The zero-order chi connectivity index (χ0) is 26.9. The summed E-state index contributed by atoms with van der Waals surface area (Å²) in [5, 5.41) is 4.19. The molecule has 4 aromatic rings. The van der Waals surface area contributed by atoms with E-state index in [9.17, 15) is 4.79 Å². The van der Waals surface area contributed by atoms with Crippen LogP contribution in [0.3, 0.4) is 0 Å². The van der Waals surface area contributed by atoms with E-state index in [1.54, 1.807) is 31.0 Å². The molecule has 38 heavy (non-hydrogen) atoms. The molecule has 0 saturated heterocycles. The maximum Gasteiger partial charge on any atom is 0.251 e. The van der Waals surface area contributed by atoms with Gasteiger partial charge in [0.2, 0.25) is 5.75 Å². The van der Waals surface area contributed by atoms with Crippen LogP contribution in [-0.2, 0) is 0 Å². The summed E-state index contributed by atoms with van der Waals surface area (Å²) in [4.78, 5) is 17.8. The minimum absolute atomic E-state index is 0.190. The first-order valence-corrected chi connectivity index (χ1v) is 13.8. The number of hydrogen-bond donors (Lipinski definition) is 2. The second-order valence-corrected chi connectivity index (χ2v) is 9.41. The second kappa shape index (κ2) is 13.1. The highest BCUT2D eigenvalue weighted by molar-refractivity contribution is 7.99. The van der Waals surface area contributed by atoms with E-state index < -0.39 is 0 Å². The number of H-pyrrole nitrogens is 1. The molecule has 0 aliphatic carbocycles. The average molecular weight is 535 g/mol. The summed E-state index contributed by atoms with van der Waals surface area (Å²) in [6.07, 6.45) is 0. The highest BCUT2D eigenvalue weighted by Gasteiger charge is 2.19. The molecule has 3 aromatic carbocycles. The summed E-state index contributed by atoms with van der Waals surface area (Å²) < 4.78 is 22.6. The number of fused-ring (bicyclic) bond motifs is 1. The van der Waals surface area contributed by atoms with Gasteiger partial charge in [-0.1, -0.05) is 18.2 Å². The van der Waals surface area contributed by atoms with Crippen molar-refractivity contribution in [1.82, 2.24) is 10.3 Å². The lowest BCUT2D eigenvalue weighted by Gasteiger charge is -2.17. The van der Waals surface area contributed by atoms with Crippen LogP contribution in [0.25, 0.3) is 22.2 Å². The van der Waals surface area contributed by atoms with Crippen LogP contribution in [0.1, 0.15) is 31.1 Å². The Morgan fingerprint density at radius 3 is 2.18 bits per heavy atom. The van der Waals surface area contributed by atoms with Crippen LogP contribution < -0.4 is 24.3 Å². The van der Waals surface area contributed by atoms with Gasteiger partial charge in [0.1, 0.15) is 5.75 Å². The topological polar surface area (TPSA) is 81.8 Å². The van der Waals surface area contributed by atoms with Crippen LogP contribution in [0.5, 0.6) is 23.0 Å². The van der Waals surface area contributed by atoms with Crippen LogP contribution in [-0.4, -0.2) is 50.1 Å². The first-order chi connectivity index (χ1) is 18.6. The van der Waals surface area contributed by atoms with Gasteiger partial charge in [-0.25, -0.2) is 0 Å². The molecule has 0 radical (unpaired) electrons. The Balaban J connectivity index is 1.49. The molecule has 1 heterocycles. The van der Waals surface area contributed by atoms with Gasteiger partial charge >= 0.3 is 0 Å². The smallest absolute Gasteiger partial charge is 0.251 e. The fourth-order valence-corrected chi connectivity index (χ4v) is 5.22. The van der Waals surface area contributed by atoms with Crippen LogP contribution in [0.4, 0.5) is 0 Å². The Morgan fingerprint density at radius 1 is 0.895 bits per heavy atom. The second-order valence-electron chi connectivity index (χ2n) is 8.31. The first kappa shape index (κ1) is 27.3. The molecule has 1 aromatic heterocycles. The van der Waals surface area contributed by atoms with Gasteiger partial charge in [-0.2, -0.15) is 0 Å². The number of benzene rings is 3. The lowest BCUT2D eigenvalue weighted by molar-refractivity contribution is 0.0955. The highest BCUT2D eigenvalue weighted by atomic mass is 32.2. The van der Waals surface area contributed by atoms with Crippen LogP contribution in [0.2, 0.25) is 0 Å². The maximum atomic E-state index is 13.1. The molecule has 7 nitrogen and oxygen atoms in total. The zero-order valence-corrected chi connectivity index (χ0v) is 23.1. The van der Waals surface area contributed by atoms with Crippen molar-refractivity contribution in [3.05, 3.63) is 66.2 Å². The Morgan fingerprint density at radius 2 is 1.55 bits per heavy atom. The van der Waals surface area contributed by atoms with E-state index in [1.807, 2.05) is 57.2 Å². The third-order valence-electron chi connectivity index (χ3n) is 5.84. The molecule has 1 amide bonds. The summed E-state index contributed by atoms with van der Waals surface area (Å²) in [6, 6.07) is 19.7. The lowest BCUT2D eigenvalue weighted by atomic mass is 10.1. The summed E-state index contributed by atoms with van der Waals surface area (Å²) in [6.45, 7) is 7.55. The van der Waals surface area contributed by atoms with Crippen molar-refractivity contribution in [3.63, 3.8) is 0 Å². The van der Waals surface area contributed by atoms with E-state index in [4.69, 9.17) is 18.9 Å². The Bertz CT molecular complexity index is 1340. The highest BCUT2D eigenvalue weighted by Crippen LogP contribution is 2.40. The van der Waals surface area contributed by atoms with Gasteiger partial charge < -0.3 is 29.2 Å². The number of amides is 1. The molecule has 0 spiro atoms. The number of thioether (sulfide) groups is 1. The van der Waals surface area contributed by atoms with Gasteiger partial charge in [-0.05, 0) is 68.8 Å². The summed E-state index contributed by atoms with van der Waals surface area (Å²) in [7, 11) is 1.66. The number of hydrogen-bond acceptors (Lipinski definition) is 6. The van der Waals surface area contributed by atoms with E-state index in [0.717, 1.165) is 32.8 Å². The Labute approximate surface area is 227 Å². The number of aromatic nitrogens is 1. The number of aromatic amines is 1. The van der Waals surface area contributed by atoms with Crippen molar-refractivity contribution in [1.29, 1.82) is 0 Å². The van der Waals surface area contributed by atoms with Gasteiger partial charge in [-0.3, -0.25) is 4.79 Å². The minimum atomic E-state index is -0.190. The number of para-hydroxylation sites is 1. The average Bonchev–Trinajstić information content (AvgIpc) is 3.31. The number of carbonyl (C=O) groups excluding carboxylic acids is 1. The van der Waals surface area contributed by atoms with E-state index >= 15 is 0 Å². The van der Waals surface area contributed by atoms with Crippen LogP contribution in [0, 0.1) is 0 Å². The monoisotopic (exact) mass is 534 g/mol. The molecule has 2 N–H and O–H groups in total. The number of nitrogens with one attached hydrogen (secondary N) is 2. The van der Waals surface area contributed by atoms with Crippen molar-refractivity contribution >= 4 is 28.6 Å². The summed E-state index contributed by atoms with van der Waals surface area (Å²) in [5.74, 6) is 2.85. The third-order valence-corrected chi connectivity index (χ3v) is 6.96. The molecule has 8 heteroatoms. The third kappa shape index (κ3) is 6.19. The summed E-state index contributed by atoms with van der Waals surface area (Å²) >= 11 is 1.71. The summed E-state index contributed by atoms with van der Waals surface area (Å²) in [5.41, 5.74) is 3.68. The van der Waals surface area contributed by atoms with Gasteiger partial charge in [0.05, 0.1) is 32.6 Å². The molecule has 0 atom stereocenters. The quantitative estimate of drug-likeness (QED) is 0.149. The molecule has 4 rings (SSSR count). The zero-order valence-electron chi connectivity index (χ0n) is 22.3. The van der Waals surface area contributed by atoms with Crippen molar-refractivity contribution in [3.8, 4) is 34.3 Å². The van der Waals surface area contributed by atoms with E-state index in [0.29, 0.717) is 54.9 Å². The number of carbonyl (C=O) groups is 1. The van der Waals surface area contributed by atoms with E-state index in [-0.39, 0.29) is 5.91 Å². The number of methoxy groups -OCH3 is 1. The molecular formula is C30H34N2O5S. The minimum Gasteiger partial charge on any atom is -0.497 e. The molecule has 0 bridgehead atoms. The Hall–Kier alpha value is -3.78. The fraction of sp³-hybridized carbons (Fsp3) is 0.300. The van der Waals surface area contributed by atoms with Gasteiger partial charge in [0.25, 0.3) is 5.91 Å². The molecule has 0 unspecified atom stereocenters. The molecule has 0 fully saturated rings. The predicted octanol–water partition coefficient (Wildman–Crippen LogP) is 6.56. The van der Waals surface area contributed by atoms with Gasteiger partial charge in [0.15, 0.2) is 11.5 Å². The fourth-order valence-electron chi connectivity index (χ4n) is 4.17. The van der Waals surface area contributed by atoms with Gasteiger partial charge in [0, 0.05) is 33.7 Å². The van der Waals surface area contributed by atoms with Crippen molar-refractivity contribution in [2.24, 2.45) is 0 Å². The molecule has 200 valence electrons. The largest absolute Gasteiger partial charge is 0.497 e. The molecule has 0 aliphatic rings. The number of rotatable bonds is 13. The first-order valence-electron chi connectivity index (χ1n) is 12.8. The molecule has 0 saturated carbocycles. The normalized spacial score (nSPS) is 10.8. The van der Waals surface area contributed by atoms with E-state index in [1.165, 1.54) is 0 Å². The SMILES string of the molecule is CCOc1cc(C(=O)NCCSc2c(-c3ccc(OC)cc3)[nH]c3ccccc23)cc(OCC)c1OCC. The predicted molar refractivity (Wildman–Crippen MR) is 153 cm³/mol. The van der Waals surface area contributed by atoms with Crippen LogP contribution >= 0.6 is 11.8 Å². The van der Waals surface area contributed by atoms with Crippen molar-refractivity contribution in [2.75, 3.05) is 39.2 Å². The van der Waals surface area contributed by atoms with Crippen molar-refractivity contribution < 1.29 is 23.7 Å². The molecular weight excluding hydrogens is 500 g/mol. The Kier molecular flexibility index (Phi) is 9.43. The van der Waals surface area contributed by atoms with Crippen molar-refractivity contribution in [2.45, 2.75) is 25.7 Å². The maximum absolute atomic E-state index is 13.1. The standard InChI is InChI=1S/C30H34N2O5S/c1-5-35-25-18-21(19-26(36-6-2)28(25)37-7-3)30(33)31-16-17-38-29-23-10-8-9-11-24(23)32-27(29)20-12-14-22(34-4)15-13-20/h8-15,18-19,32H,5-7,16-17H2,1-4H3,(H,31,33). The molecule has 0 aliphatic heterocycles. The lowest BCUT2D eigenvalue weighted by Crippen LogP contribution is -2.26. The van der Waals surface area contributed by atoms with E-state index in [2.05, 4.69) is 22.4 Å².